The Labute approximate surface area is 101 Å². The number of hydrogen-bond donors (Lipinski definition) is 3. The number of hydrogen-bond acceptors (Lipinski definition) is 5. The number of amidine groups is 1. The van der Waals surface area contributed by atoms with Crippen molar-refractivity contribution in [3.8, 4) is 0 Å². The van der Waals surface area contributed by atoms with Crippen LogP contribution in [0.5, 0.6) is 0 Å². The van der Waals surface area contributed by atoms with Crippen molar-refractivity contribution in [2.75, 3.05) is 31.6 Å². The topological polar surface area (TPSA) is 69.5 Å². The molecule has 0 unspecified atom stereocenters. The van der Waals surface area contributed by atoms with Gasteiger partial charge in [0.15, 0.2) is 0 Å². The molecule has 0 bridgehead atoms. The van der Waals surface area contributed by atoms with E-state index in [1.54, 1.807) is 6.20 Å². The second-order valence-electron chi connectivity index (χ2n) is 3.91. The Balaban J connectivity index is 2.12. The summed E-state index contributed by atoms with van der Waals surface area (Å²) in [4.78, 5) is 8.78. The minimum Gasteiger partial charge on any atom is -0.396 e. The standard InChI is InChI=1S/C12H18N4O/c17-9-3-8-16-11-10(4-1-5-13-11)12-14-6-2-7-15-12/h1,4-5,17H,2-3,6-9H2,(H,13,16)(H,14,15). The lowest BCUT2D eigenvalue weighted by Crippen LogP contribution is -2.31. The Morgan fingerprint density at radius 3 is 3.18 bits per heavy atom. The number of aliphatic hydroxyl groups is 1. The molecule has 5 nitrogen and oxygen atoms in total. The van der Waals surface area contributed by atoms with Crippen LogP contribution in [0.25, 0.3) is 0 Å². The van der Waals surface area contributed by atoms with E-state index in [-0.39, 0.29) is 6.61 Å². The number of rotatable bonds is 5. The quantitative estimate of drug-likeness (QED) is 0.653. The molecule has 92 valence electrons. The number of pyridine rings is 1. The van der Waals surface area contributed by atoms with Crippen LogP contribution in [0.3, 0.4) is 0 Å². The van der Waals surface area contributed by atoms with Crippen LogP contribution in [0.1, 0.15) is 18.4 Å². The van der Waals surface area contributed by atoms with Crippen molar-refractivity contribution in [1.82, 2.24) is 10.3 Å². The van der Waals surface area contributed by atoms with E-state index in [0.29, 0.717) is 6.54 Å². The predicted molar refractivity (Wildman–Crippen MR) is 68.5 cm³/mol. The van der Waals surface area contributed by atoms with Gasteiger partial charge in [-0.3, -0.25) is 4.99 Å². The van der Waals surface area contributed by atoms with Crippen LogP contribution < -0.4 is 10.6 Å². The lowest BCUT2D eigenvalue weighted by Gasteiger charge is -2.17. The van der Waals surface area contributed by atoms with Gasteiger partial charge in [-0.05, 0) is 25.0 Å². The van der Waals surface area contributed by atoms with E-state index >= 15 is 0 Å². The molecule has 1 aliphatic heterocycles. The van der Waals surface area contributed by atoms with E-state index in [0.717, 1.165) is 43.1 Å². The highest BCUT2D eigenvalue weighted by molar-refractivity contribution is 6.03. The fraction of sp³-hybridized carbons (Fsp3) is 0.500. The first-order valence-corrected chi connectivity index (χ1v) is 6.00. The molecule has 0 atom stereocenters. The molecule has 17 heavy (non-hydrogen) atoms. The molecule has 0 radical (unpaired) electrons. The molecule has 5 heteroatoms. The molecule has 0 spiro atoms. The van der Waals surface area contributed by atoms with Crippen molar-refractivity contribution in [3.63, 3.8) is 0 Å². The zero-order valence-corrected chi connectivity index (χ0v) is 9.82. The monoisotopic (exact) mass is 234 g/mol. The molecule has 1 aromatic rings. The Hall–Kier alpha value is -1.62. The SMILES string of the molecule is OCCCNc1ncccc1C1=NCCCN1. The highest BCUT2D eigenvalue weighted by atomic mass is 16.3. The third-order valence-corrected chi connectivity index (χ3v) is 2.59. The van der Waals surface area contributed by atoms with Crippen molar-refractivity contribution in [2.45, 2.75) is 12.8 Å². The van der Waals surface area contributed by atoms with Gasteiger partial charge in [0.25, 0.3) is 0 Å². The number of nitrogens with one attached hydrogen (secondary N) is 2. The minimum absolute atomic E-state index is 0.189. The second kappa shape index (κ2) is 6.20. The van der Waals surface area contributed by atoms with Gasteiger partial charge in [-0.1, -0.05) is 0 Å². The lowest BCUT2D eigenvalue weighted by molar-refractivity contribution is 0.292. The van der Waals surface area contributed by atoms with Gasteiger partial charge in [-0.15, -0.1) is 0 Å². The Bertz CT molecular complexity index is 392. The highest BCUT2D eigenvalue weighted by Crippen LogP contribution is 2.13. The molecule has 1 aliphatic rings. The van der Waals surface area contributed by atoms with Crippen LogP contribution in [0.2, 0.25) is 0 Å². The fourth-order valence-corrected chi connectivity index (χ4v) is 1.74. The van der Waals surface area contributed by atoms with Crippen molar-refractivity contribution in [1.29, 1.82) is 0 Å². The number of nitrogens with zero attached hydrogens (tertiary/aromatic N) is 2. The van der Waals surface area contributed by atoms with Crippen LogP contribution >= 0.6 is 0 Å². The molecular formula is C12H18N4O. The van der Waals surface area contributed by atoms with Crippen LogP contribution in [-0.2, 0) is 0 Å². The summed E-state index contributed by atoms with van der Waals surface area (Å²) in [5.74, 6) is 1.74. The third-order valence-electron chi connectivity index (χ3n) is 2.59. The maximum absolute atomic E-state index is 8.77. The number of aliphatic hydroxyl groups excluding tert-OH is 1. The van der Waals surface area contributed by atoms with Crippen LogP contribution in [-0.4, -0.2) is 42.2 Å². The summed E-state index contributed by atoms with van der Waals surface area (Å²) < 4.78 is 0. The van der Waals surface area contributed by atoms with Gasteiger partial charge >= 0.3 is 0 Å². The van der Waals surface area contributed by atoms with Crippen molar-refractivity contribution in [2.24, 2.45) is 4.99 Å². The molecule has 0 saturated heterocycles. The van der Waals surface area contributed by atoms with Crippen molar-refractivity contribution < 1.29 is 5.11 Å². The van der Waals surface area contributed by atoms with E-state index < -0.39 is 0 Å². The average molecular weight is 234 g/mol. The summed E-state index contributed by atoms with van der Waals surface area (Å²) in [5.41, 5.74) is 1.00. The number of aromatic nitrogens is 1. The van der Waals surface area contributed by atoms with E-state index in [9.17, 15) is 0 Å². The second-order valence-corrected chi connectivity index (χ2v) is 3.91. The summed E-state index contributed by atoms with van der Waals surface area (Å²) in [6.07, 6.45) is 3.56. The lowest BCUT2D eigenvalue weighted by atomic mass is 10.2. The Morgan fingerprint density at radius 1 is 1.47 bits per heavy atom. The molecule has 0 amide bonds. The smallest absolute Gasteiger partial charge is 0.136 e. The Kier molecular flexibility index (Phi) is 4.32. The molecule has 2 heterocycles. The molecule has 0 aromatic carbocycles. The first-order valence-electron chi connectivity index (χ1n) is 6.00. The zero-order valence-electron chi connectivity index (χ0n) is 9.82. The maximum atomic E-state index is 8.77. The summed E-state index contributed by atoms with van der Waals surface area (Å²) in [5, 5.41) is 15.3. The molecule has 0 saturated carbocycles. The normalized spacial score (nSPS) is 15.0. The predicted octanol–water partition coefficient (Wildman–Crippen LogP) is 0.616. The van der Waals surface area contributed by atoms with Crippen molar-refractivity contribution >= 4 is 11.7 Å². The van der Waals surface area contributed by atoms with E-state index in [1.165, 1.54) is 0 Å². The van der Waals surface area contributed by atoms with Gasteiger partial charge in [-0.25, -0.2) is 4.98 Å². The highest BCUT2D eigenvalue weighted by Gasteiger charge is 2.11. The minimum atomic E-state index is 0.189. The molecule has 1 aromatic heterocycles. The maximum Gasteiger partial charge on any atom is 0.136 e. The summed E-state index contributed by atoms with van der Waals surface area (Å²) in [6.45, 7) is 2.74. The largest absolute Gasteiger partial charge is 0.396 e. The summed E-state index contributed by atoms with van der Waals surface area (Å²) in [7, 11) is 0. The van der Waals surface area contributed by atoms with Crippen LogP contribution in [0, 0.1) is 0 Å². The molecule has 0 fully saturated rings. The zero-order chi connectivity index (χ0) is 11.9. The summed E-state index contributed by atoms with van der Waals surface area (Å²) >= 11 is 0. The first-order chi connectivity index (χ1) is 8.42. The Morgan fingerprint density at radius 2 is 2.41 bits per heavy atom. The van der Waals surface area contributed by atoms with Gasteiger partial charge < -0.3 is 15.7 Å². The van der Waals surface area contributed by atoms with Gasteiger partial charge in [0, 0.05) is 32.4 Å². The van der Waals surface area contributed by atoms with E-state index in [4.69, 9.17) is 5.11 Å². The average Bonchev–Trinajstić information content (AvgIpc) is 2.41. The van der Waals surface area contributed by atoms with Gasteiger partial charge in [0.1, 0.15) is 11.7 Å². The van der Waals surface area contributed by atoms with Crippen molar-refractivity contribution in [3.05, 3.63) is 23.9 Å². The van der Waals surface area contributed by atoms with Crippen LogP contribution in [0.15, 0.2) is 23.3 Å². The number of anilines is 1. The first kappa shape index (κ1) is 11.9. The number of aliphatic imine (C=N–C) groups is 1. The van der Waals surface area contributed by atoms with Gasteiger partial charge in [0.2, 0.25) is 0 Å². The van der Waals surface area contributed by atoms with Gasteiger partial charge in [0.05, 0.1) is 5.56 Å². The van der Waals surface area contributed by atoms with Gasteiger partial charge in [-0.2, -0.15) is 0 Å². The molecular weight excluding hydrogens is 216 g/mol. The molecule has 2 rings (SSSR count). The fourth-order valence-electron chi connectivity index (χ4n) is 1.74. The van der Waals surface area contributed by atoms with E-state index in [2.05, 4.69) is 20.6 Å². The third kappa shape index (κ3) is 3.17. The van der Waals surface area contributed by atoms with Crippen LogP contribution in [0.4, 0.5) is 5.82 Å². The molecule has 0 aliphatic carbocycles. The summed E-state index contributed by atoms with van der Waals surface area (Å²) in [6, 6.07) is 3.91. The van der Waals surface area contributed by atoms with E-state index in [1.807, 2.05) is 12.1 Å². The molecule has 3 N–H and O–H groups in total.